The monoisotopic (exact) mass is 358 g/mol. The molecule has 2 aromatic carbocycles. The number of alkyl halides is 1. The van der Waals surface area contributed by atoms with Crippen LogP contribution in [0.25, 0.3) is 11.0 Å². The molecule has 0 N–H and O–H groups in total. The van der Waals surface area contributed by atoms with Crippen LogP contribution in [0.15, 0.2) is 36.4 Å². The molecule has 0 amide bonds. The van der Waals surface area contributed by atoms with E-state index in [1.807, 2.05) is 34.9 Å². The third-order valence-corrected chi connectivity index (χ3v) is 4.46. The van der Waals surface area contributed by atoms with Crippen LogP contribution in [0.1, 0.15) is 11.4 Å². The summed E-state index contributed by atoms with van der Waals surface area (Å²) in [7, 11) is 0. The minimum atomic E-state index is 0.317. The molecule has 2 nitrogen and oxygen atoms in total. The second-order valence-electron chi connectivity index (χ2n) is 4.63. The van der Waals surface area contributed by atoms with Gasteiger partial charge in [0.05, 0.1) is 27.0 Å². The molecule has 0 fully saturated rings. The van der Waals surface area contributed by atoms with Crippen molar-refractivity contribution in [3.8, 4) is 0 Å². The Bertz CT molecular complexity index is 794. The van der Waals surface area contributed by atoms with Gasteiger partial charge in [0.1, 0.15) is 5.82 Å². The van der Waals surface area contributed by atoms with Crippen molar-refractivity contribution in [2.24, 2.45) is 0 Å². The molecule has 108 valence electrons. The third kappa shape index (κ3) is 3.00. The van der Waals surface area contributed by atoms with Crippen LogP contribution in [0.4, 0.5) is 0 Å². The summed E-state index contributed by atoms with van der Waals surface area (Å²) >= 11 is 24.1. The van der Waals surface area contributed by atoms with Gasteiger partial charge in [0.15, 0.2) is 0 Å². The number of nitrogens with zero attached hydrogens (tertiary/aromatic N) is 2. The smallest absolute Gasteiger partial charge is 0.125 e. The molecule has 0 atom stereocenters. The lowest BCUT2D eigenvalue weighted by atomic mass is 10.2. The van der Waals surface area contributed by atoms with E-state index in [9.17, 15) is 0 Å². The molecule has 3 aromatic rings. The van der Waals surface area contributed by atoms with E-state index in [1.165, 1.54) is 0 Å². The van der Waals surface area contributed by atoms with Crippen LogP contribution in [0.2, 0.25) is 15.1 Å². The maximum atomic E-state index is 6.11. The van der Waals surface area contributed by atoms with Crippen molar-refractivity contribution in [3.63, 3.8) is 0 Å². The van der Waals surface area contributed by atoms with Crippen molar-refractivity contribution in [1.29, 1.82) is 0 Å². The number of halogens is 4. The second-order valence-corrected chi connectivity index (χ2v) is 6.15. The summed E-state index contributed by atoms with van der Waals surface area (Å²) in [5, 5.41) is 1.70. The van der Waals surface area contributed by atoms with E-state index < -0.39 is 0 Å². The lowest BCUT2D eigenvalue weighted by Gasteiger charge is -2.08. The van der Waals surface area contributed by atoms with Gasteiger partial charge in [-0.2, -0.15) is 0 Å². The van der Waals surface area contributed by atoms with Gasteiger partial charge < -0.3 is 4.57 Å². The van der Waals surface area contributed by atoms with Crippen molar-refractivity contribution in [2.45, 2.75) is 12.4 Å². The standard InChI is InChI=1S/C15H10Cl4N2/c16-7-15-20-13-5-11(18)12(19)6-14(13)21(15)8-9-1-3-10(17)4-2-9/h1-6H,7-8H2. The van der Waals surface area contributed by atoms with E-state index >= 15 is 0 Å². The topological polar surface area (TPSA) is 17.8 Å². The van der Waals surface area contributed by atoms with Gasteiger partial charge in [0.25, 0.3) is 0 Å². The van der Waals surface area contributed by atoms with Crippen LogP contribution in [0.5, 0.6) is 0 Å². The predicted molar refractivity (Wildman–Crippen MR) is 89.9 cm³/mol. The highest BCUT2D eigenvalue weighted by Crippen LogP contribution is 2.29. The van der Waals surface area contributed by atoms with E-state index in [2.05, 4.69) is 4.98 Å². The fourth-order valence-electron chi connectivity index (χ4n) is 2.22. The van der Waals surface area contributed by atoms with E-state index in [0.717, 1.165) is 22.4 Å². The van der Waals surface area contributed by atoms with Crippen molar-refractivity contribution < 1.29 is 0 Å². The summed E-state index contributed by atoms with van der Waals surface area (Å²) in [5.41, 5.74) is 2.81. The Morgan fingerprint density at radius 3 is 2.29 bits per heavy atom. The number of imidazole rings is 1. The predicted octanol–water partition coefficient (Wildman–Crippen LogP) is 5.78. The summed E-state index contributed by atoms with van der Waals surface area (Å²) in [4.78, 5) is 4.51. The molecule has 6 heteroatoms. The first-order chi connectivity index (χ1) is 10.1. The minimum Gasteiger partial charge on any atom is -0.322 e. The first-order valence-electron chi connectivity index (χ1n) is 6.23. The maximum absolute atomic E-state index is 6.11. The molecule has 0 saturated carbocycles. The highest BCUT2D eigenvalue weighted by Gasteiger charge is 2.13. The molecule has 0 spiro atoms. The Morgan fingerprint density at radius 1 is 0.952 bits per heavy atom. The van der Waals surface area contributed by atoms with Gasteiger partial charge in [-0.3, -0.25) is 0 Å². The minimum absolute atomic E-state index is 0.317. The molecule has 0 radical (unpaired) electrons. The zero-order chi connectivity index (χ0) is 15.0. The fourth-order valence-corrected chi connectivity index (χ4v) is 2.87. The number of hydrogen-bond donors (Lipinski definition) is 0. The zero-order valence-electron chi connectivity index (χ0n) is 10.8. The number of benzene rings is 2. The Kier molecular flexibility index (Phi) is 4.32. The van der Waals surface area contributed by atoms with Gasteiger partial charge >= 0.3 is 0 Å². The lowest BCUT2D eigenvalue weighted by Crippen LogP contribution is -2.03. The Balaban J connectivity index is 2.11. The molecule has 0 aliphatic carbocycles. The molecule has 3 rings (SSSR count). The maximum Gasteiger partial charge on any atom is 0.125 e. The van der Waals surface area contributed by atoms with Crippen LogP contribution in [0.3, 0.4) is 0 Å². The molecule has 0 unspecified atom stereocenters. The second kappa shape index (κ2) is 6.05. The van der Waals surface area contributed by atoms with Gasteiger partial charge in [-0.05, 0) is 29.8 Å². The molecular weight excluding hydrogens is 350 g/mol. The number of rotatable bonds is 3. The summed E-state index contributed by atoms with van der Waals surface area (Å²) in [6.07, 6.45) is 0. The van der Waals surface area contributed by atoms with Gasteiger partial charge in [0, 0.05) is 11.6 Å². The van der Waals surface area contributed by atoms with Crippen LogP contribution >= 0.6 is 46.4 Å². The average molecular weight is 360 g/mol. The average Bonchev–Trinajstić information content (AvgIpc) is 2.79. The molecule has 21 heavy (non-hydrogen) atoms. The van der Waals surface area contributed by atoms with Gasteiger partial charge in [-0.1, -0.05) is 46.9 Å². The van der Waals surface area contributed by atoms with Crippen molar-refractivity contribution in [2.75, 3.05) is 0 Å². The number of aromatic nitrogens is 2. The third-order valence-electron chi connectivity index (χ3n) is 3.24. The number of hydrogen-bond acceptors (Lipinski definition) is 1. The first-order valence-corrected chi connectivity index (χ1v) is 7.90. The van der Waals surface area contributed by atoms with E-state index in [4.69, 9.17) is 46.4 Å². The normalized spacial score (nSPS) is 11.2. The van der Waals surface area contributed by atoms with Crippen LogP contribution in [0, 0.1) is 0 Å². The molecule has 0 bridgehead atoms. The Morgan fingerprint density at radius 2 is 1.62 bits per heavy atom. The van der Waals surface area contributed by atoms with E-state index in [1.54, 1.807) is 6.07 Å². The van der Waals surface area contributed by atoms with Crippen molar-refractivity contribution in [1.82, 2.24) is 9.55 Å². The van der Waals surface area contributed by atoms with E-state index in [-0.39, 0.29) is 0 Å². The SMILES string of the molecule is ClCc1nc2cc(Cl)c(Cl)cc2n1Cc1ccc(Cl)cc1. The van der Waals surface area contributed by atoms with Crippen molar-refractivity contribution >= 4 is 57.4 Å². The van der Waals surface area contributed by atoms with Crippen LogP contribution < -0.4 is 0 Å². The zero-order valence-corrected chi connectivity index (χ0v) is 13.8. The first kappa shape index (κ1) is 15.0. The van der Waals surface area contributed by atoms with Crippen molar-refractivity contribution in [3.05, 3.63) is 62.9 Å². The largest absolute Gasteiger partial charge is 0.322 e. The lowest BCUT2D eigenvalue weighted by molar-refractivity contribution is 0.779. The molecule has 0 aliphatic heterocycles. The van der Waals surface area contributed by atoms with Crippen LogP contribution in [-0.2, 0) is 12.4 Å². The Labute approximate surface area is 142 Å². The van der Waals surface area contributed by atoms with E-state index in [0.29, 0.717) is 27.5 Å². The summed E-state index contributed by atoms with van der Waals surface area (Å²) in [5.74, 6) is 1.09. The molecule has 0 saturated heterocycles. The fraction of sp³-hybridized carbons (Fsp3) is 0.133. The highest BCUT2D eigenvalue weighted by molar-refractivity contribution is 6.42. The quantitative estimate of drug-likeness (QED) is 0.541. The summed E-state index contributed by atoms with van der Waals surface area (Å²) in [6.45, 7) is 0.647. The van der Waals surface area contributed by atoms with Gasteiger partial charge in [0.2, 0.25) is 0 Å². The molecular formula is C15H10Cl4N2. The summed E-state index contributed by atoms with van der Waals surface area (Å²) in [6, 6.07) is 11.2. The molecule has 0 aliphatic rings. The molecule has 1 heterocycles. The Hall–Kier alpha value is -0.930. The van der Waals surface area contributed by atoms with Gasteiger partial charge in [-0.25, -0.2) is 4.98 Å². The van der Waals surface area contributed by atoms with Gasteiger partial charge in [-0.15, -0.1) is 11.6 Å². The van der Waals surface area contributed by atoms with Crippen LogP contribution in [-0.4, -0.2) is 9.55 Å². The molecule has 1 aromatic heterocycles. The number of fused-ring (bicyclic) bond motifs is 1. The highest BCUT2D eigenvalue weighted by atomic mass is 35.5. The summed E-state index contributed by atoms with van der Waals surface area (Å²) < 4.78 is 2.04.